The maximum absolute atomic E-state index is 13.5. The van der Waals surface area contributed by atoms with Gasteiger partial charge < -0.3 is 5.32 Å². The molecule has 0 atom stereocenters. The molecule has 2 N–H and O–H groups in total. The maximum atomic E-state index is 13.5. The molecule has 5 nitrogen and oxygen atoms in total. The van der Waals surface area contributed by atoms with Crippen molar-refractivity contribution in [2.75, 3.05) is 11.3 Å². The van der Waals surface area contributed by atoms with E-state index in [9.17, 15) is 30.8 Å². The molecule has 2 aromatic carbocycles. The second-order valence-corrected chi connectivity index (χ2v) is 6.59. The summed E-state index contributed by atoms with van der Waals surface area (Å²) in [5.41, 5.74) is -0.399. The lowest BCUT2D eigenvalue weighted by atomic mass is 10.2. The summed E-state index contributed by atoms with van der Waals surface area (Å²) in [7, 11) is -4.12. The molecule has 2 aromatic rings. The Morgan fingerprint density at radius 1 is 1.00 bits per heavy atom. The molecule has 0 saturated heterocycles. The van der Waals surface area contributed by atoms with Crippen LogP contribution < -0.4 is 10.0 Å². The van der Waals surface area contributed by atoms with Gasteiger partial charge in [0.05, 0.1) is 10.6 Å². The average molecular weight is 376 g/mol. The highest BCUT2D eigenvalue weighted by atomic mass is 32.2. The topological polar surface area (TPSA) is 75.3 Å². The van der Waals surface area contributed by atoms with Crippen molar-refractivity contribution in [3.05, 3.63) is 59.9 Å². The fourth-order valence-electron chi connectivity index (χ4n) is 1.82. The van der Waals surface area contributed by atoms with Crippen LogP contribution in [0.5, 0.6) is 0 Å². The molecule has 0 bridgehead atoms. The lowest BCUT2D eigenvalue weighted by Crippen LogP contribution is -2.33. The third kappa shape index (κ3) is 5.18. The molecule has 2 rings (SSSR count). The fraction of sp³-hybridized carbons (Fsp3) is 0.133. The first-order chi connectivity index (χ1) is 11.6. The summed E-state index contributed by atoms with van der Waals surface area (Å²) in [4.78, 5) is 11.3. The zero-order valence-electron chi connectivity index (χ0n) is 12.5. The number of rotatable bonds is 5. The molecule has 0 heterocycles. The van der Waals surface area contributed by atoms with Crippen molar-refractivity contribution >= 4 is 21.6 Å². The number of carbonyl (C=O) groups is 1. The van der Waals surface area contributed by atoms with Crippen LogP contribution in [0.15, 0.2) is 53.4 Å². The predicted molar refractivity (Wildman–Crippen MR) is 82.0 cm³/mol. The molecule has 0 aromatic heterocycles. The van der Waals surface area contributed by atoms with Gasteiger partial charge in [0, 0.05) is 5.56 Å². The zero-order chi connectivity index (χ0) is 18.7. The Morgan fingerprint density at radius 2 is 1.60 bits per heavy atom. The molecule has 1 amide bonds. The maximum Gasteiger partial charge on any atom is 0.405 e. The van der Waals surface area contributed by atoms with Crippen molar-refractivity contribution in [3.63, 3.8) is 0 Å². The summed E-state index contributed by atoms with van der Waals surface area (Å²) in [5.74, 6) is -1.77. The van der Waals surface area contributed by atoms with Crippen molar-refractivity contribution in [1.29, 1.82) is 0 Å². The van der Waals surface area contributed by atoms with Gasteiger partial charge in [-0.25, -0.2) is 12.8 Å². The minimum Gasteiger partial charge on any atom is -0.343 e. The molecule has 25 heavy (non-hydrogen) atoms. The first-order valence-corrected chi connectivity index (χ1v) is 8.29. The smallest absolute Gasteiger partial charge is 0.343 e. The van der Waals surface area contributed by atoms with E-state index in [0.717, 1.165) is 30.3 Å². The zero-order valence-corrected chi connectivity index (χ0v) is 13.3. The largest absolute Gasteiger partial charge is 0.405 e. The highest BCUT2D eigenvalue weighted by Gasteiger charge is 2.28. The van der Waals surface area contributed by atoms with E-state index in [2.05, 4.69) is 0 Å². The van der Waals surface area contributed by atoms with E-state index in [-0.39, 0.29) is 16.1 Å². The number of para-hydroxylation sites is 1. The Hall–Kier alpha value is -2.62. The molecule has 0 aliphatic heterocycles. The predicted octanol–water partition coefficient (Wildman–Crippen LogP) is 2.92. The van der Waals surface area contributed by atoms with Gasteiger partial charge in [0.1, 0.15) is 12.4 Å². The number of alkyl halides is 3. The van der Waals surface area contributed by atoms with Crippen LogP contribution in [0.1, 0.15) is 10.4 Å². The summed E-state index contributed by atoms with van der Waals surface area (Å²) < 4.78 is 76.1. The van der Waals surface area contributed by atoms with Crippen LogP contribution in [0.2, 0.25) is 0 Å². The second-order valence-electron chi connectivity index (χ2n) is 4.91. The van der Waals surface area contributed by atoms with E-state index < -0.39 is 34.5 Å². The highest BCUT2D eigenvalue weighted by molar-refractivity contribution is 7.92. The fourth-order valence-corrected chi connectivity index (χ4v) is 2.88. The van der Waals surface area contributed by atoms with Gasteiger partial charge in [-0.15, -0.1) is 0 Å². The second kappa shape index (κ2) is 7.09. The molecule has 0 aliphatic carbocycles. The number of sulfonamides is 1. The number of amides is 1. The average Bonchev–Trinajstić information content (AvgIpc) is 2.54. The molecule has 134 valence electrons. The molecule has 0 radical (unpaired) electrons. The van der Waals surface area contributed by atoms with E-state index in [1.54, 1.807) is 5.32 Å². The van der Waals surface area contributed by atoms with Crippen LogP contribution in [0.3, 0.4) is 0 Å². The van der Waals surface area contributed by atoms with Gasteiger partial charge in [-0.1, -0.05) is 12.1 Å². The Morgan fingerprint density at radius 3 is 2.16 bits per heavy atom. The van der Waals surface area contributed by atoms with Crippen LogP contribution in [0.4, 0.5) is 23.2 Å². The SMILES string of the molecule is O=C(NCC(F)(F)F)c1ccc(S(=O)(=O)Nc2ccccc2F)cc1. The van der Waals surface area contributed by atoms with Gasteiger partial charge in [-0.3, -0.25) is 9.52 Å². The van der Waals surface area contributed by atoms with Gasteiger partial charge in [-0.2, -0.15) is 13.2 Å². The molecule has 0 saturated carbocycles. The molecule has 10 heteroatoms. The van der Waals surface area contributed by atoms with Gasteiger partial charge >= 0.3 is 6.18 Å². The molecule has 0 aliphatic rings. The Bertz CT molecular complexity index is 865. The molecule has 0 fully saturated rings. The van der Waals surface area contributed by atoms with Crippen LogP contribution in [0.25, 0.3) is 0 Å². The summed E-state index contributed by atoms with van der Waals surface area (Å²) in [6, 6.07) is 9.31. The highest BCUT2D eigenvalue weighted by Crippen LogP contribution is 2.19. The van der Waals surface area contributed by atoms with E-state index in [1.807, 2.05) is 4.72 Å². The number of hydrogen-bond donors (Lipinski definition) is 2. The lowest BCUT2D eigenvalue weighted by Gasteiger charge is -2.10. The standard InChI is InChI=1S/C15H12F4N2O3S/c16-12-3-1-2-4-13(12)21-25(23,24)11-7-5-10(6-8-11)14(22)20-9-15(17,18)19/h1-8,21H,9H2,(H,20,22). The van der Waals surface area contributed by atoms with Crippen LogP contribution in [-0.4, -0.2) is 27.0 Å². The molecular formula is C15H12F4N2O3S. The Balaban J connectivity index is 2.13. The number of nitrogens with one attached hydrogen (secondary N) is 2. The van der Waals surface area contributed by atoms with Crippen molar-refractivity contribution < 1.29 is 30.8 Å². The van der Waals surface area contributed by atoms with E-state index in [0.29, 0.717) is 0 Å². The molecule has 0 unspecified atom stereocenters. The number of carbonyl (C=O) groups excluding carboxylic acids is 1. The third-order valence-electron chi connectivity index (χ3n) is 2.99. The Kier molecular flexibility index (Phi) is 5.31. The first-order valence-electron chi connectivity index (χ1n) is 6.81. The van der Waals surface area contributed by atoms with Crippen LogP contribution >= 0.6 is 0 Å². The van der Waals surface area contributed by atoms with Gasteiger partial charge in [0.2, 0.25) is 0 Å². The third-order valence-corrected chi connectivity index (χ3v) is 4.38. The van der Waals surface area contributed by atoms with E-state index in [1.165, 1.54) is 18.2 Å². The van der Waals surface area contributed by atoms with Gasteiger partial charge in [0.15, 0.2) is 0 Å². The molecule has 0 spiro atoms. The number of anilines is 1. The lowest BCUT2D eigenvalue weighted by molar-refractivity contribution is -0.123. The minimum atomic E-state index is -4.55. The van der Waals surface area contributed by atoms with E-state index in [4.69, 9.17) is 0 Å². The number of halogens is 4. The van der Waals surface area contributed by atoms with Gasteiger partial charge in [0.25, 0.3) is 15.9 Å². The summed E-state index contributed by atoms with van der Waals surface area (Å²) >= 11 is 0. The normalized spacial score (nSPS) is 11.8. The molecular weight excluding hydrogens is 364 g/mol. The number of benzene rings is 2. The number of hydrogen-bond acceptors (Lipinski definition) is 3. The monoisotopic (exact) mass is 376 g/mol. The van der Waals surface area contributed by atoms with Crippen LogP contribution in [-0.2, 0) is 10.0 Å². The minimum absolute atomic E-state index is 0.144. The van der Waals surface area contributed by atoms with Gasteiger partial charge in [-0.05, 0) is 36.4 Å². The first kappa shape index (κ1) is 18.7. The van der Waals surface area contributed by atoms with E-state index >= 15 is 0 Å². The van der Waals surface area contributed by atoms with Crippen molar-refractivity contribution in [2.45, 2.75) is 11.1 Å². The van der Waals surface area contributed by atoms with Crippen molar-refractivity contribution in [1.82, 2.24) is 5.32 Å². The summed E-state index contributed by atoms with van der Waals surface area (Å²) in [5, 5.41) is 1.67. The Labute approximate surface area is 140 Å². The summed E-state index contributed by atoms with van der Waals surface area (Å²) in [6.45, 7) is -1.50. The van der Waals surface area contributed by atoms with Crippen molar-refractivity contribution in [2.24, 2.45) is 0 Å². The quantitative estimate of drug-likeness (QED) is 0.788. The van der Waals surface area contributed by atoms with Crippen LogP contribution in [0, 0.1) is 5.82 Å². The van der Waals surface area contributed by atoms with Crippen molar-refractivity contribution in [3.8, 4) is 0 Å². The summed E-state index contributed by atoms with van der Waals surface area (Å²) in [6.07, 6.45) is -4.55.